The van der Waals surface area contributed by atoms with E-state index in [0.29, 0.717) is 0 Å². The lowest BCUT2D eigenvalue weighted by Crippen LogP contribution is -2.18. The lowest BCUT2D eigenvalue weighted by molar-refractivity contribution is 0.253. The maximum atomic E-state index is 12.9. The third-order valence-electron chi connectivity index (χ3n) is 1.98. The van der Waals surface area contributed by atoms with E-state index in [1.54, 1.807) is 0 Å². The van der Waals surface area contributed by atoms with Gasteiger partial charge in [-0.15, -0.1) is 0 Å². The van der Waals surface area contributed by atoms with Gasteiger partial charge in [0.25, 0.3) is 0 Å². The summed E-state index contributed by atoms with van der Waals surface area (Å²) >= 11 is 11.6. The zero-order valence-corrected chi connectivity index (χ0v) is 9.84. The van der Waals surface area contributed by atoms with E-state index in [1.165, 1.54) is 23.3 Å². The minimum atomic E-state index is -0.569. The van der Waals surface area contributed by atoms with Gasteiger partial charge in [-0.2, -0.15) is 0 Å². The average molecular weight is 274 g/mol. The van der Waals surface area contributed by atoms with Gasteiger partial charge in [0.1, 0.15) is 12.1 Å². The molecule has 0 aliphatic carbocycles. The molecule has 1 N–H and O–H groups in total. The van der Waals surface area contributed by atoms with Gasteiger partial charge >= 0.3 is 6.03 Å². The molecule has 88 valence electrons. The van der Waals surface area contributed by atoms with Crippen molar-refractivity contribution in [2.45, 2.75) is 0 Å². The number of amides is 1. The Balaban J connectivity index is 2.28. The molecule has 17 heavy (non-hydrogen) atoms. The molecule has 2 aromatic rings. The van der Waals surface area contributed by atoms with Gasteiger partial charge in [0.15, 0.2) is 0 Å². The first-order valence-electron chi connectivity index (χ1n) is 4.52. The molecule has 0 atom stereocenters. The zero-order valence-electron chi connectivity index (χ0n) is 8.32. The van der Waals surface area contributed by atoms with Gasteiger partial charge in [-0.3, -0.25) is 4.57 Å². The monoisotopic (exact) mass is 273 g/mol. The Hall–Kier alpha value is -1.59. The number of hydrogen-bond acceptors (Lipinski definition) is 2. The van der Waals surface area contributed by atoms with Crippen LogP contribution in [-0.2, 0) is 0 Å². The standard InChI is InChI=1S/C10H6Cl2FN3O/c11-7-3-6(13)4-8(12)9(7)15-10(17)16-2-1-14-5-16/h1-5H,(H,15,17). The van der Waals surface area contributed by atoms with Crippen molar-refractivity contribution < 1.29 is 9.18 Å². The van der Waals surface area contributed by atoms with E-state index in [9.17, 15) is 9.18 Å². The topological polar surface area (TPSA) is 46.9 Å². The van der Waals surface area contributed by atoms with E-state index in [1.807, 2.05) is 0 Å². The van der Waals surface area contributed by atoms with Crippen LogP contribution in [0.25, 0.3) is 0 Å². The molecule has 1 heterocycles. The second kappa shape index (κ2) is 4.73. The minimum absolute atomic E-state index is 0.0310. The lowest BCUT2D eigenvalue weighted by Gasteiger charge is -2.09. The van der Waals surface area contributed by atoms with Gasteiger partial charge in [-0.05, 0) is 12.1 Å². The maximum Gasteiger partial charge on any atom is 0.331 e. The normalized spacial score (nSPS) is 10.3. The molecular weight excluding hydrogens is 268 g/mol. The molecule has 1 amide bonds. The minimum Gasteiger partial charge on any atom is -0.304 e. The van der Waals surface area contributed by atoms with E-state index >= 15 is 0 Å². The molecule has 2 rings (SSSR count). The smallest absolute Gasteiger partial charge is 0.304 e. The predicted octanol–water partition coefficient (Wildman–Crippen LogP) is 3.41. The Morgan fingerprint density at radius 3 is 2.53 bits per heavy atom. The van der Waals surface area contributed by atoms with Gasteiger partial charge in [-0.25, -0.2) is 14.2 Å². The van der Waals surface area contributed by atoms with Crippen molar-refractivity contribution in [1.29, 1.82) is 0 Å². The van der Waals surface area contributed by atoms with E-state index in [0.717, 1.165) is 12.1 Å². The van der Waals surface area contributed by atoms with Gasteiger partial charge in [0.05, 0.1) is 15.7 Å². The molecule has 0 saturated heterocycles. The first-order chi connectivity index (χ1) is 8.08. The largest absolute Gasteiger partial charge is 0.331 e. The van der Waals surface area contributed by atoms with Gasteiger partial charge in [0.2, 0.25) is 0 Å². The molecule has 0 spiro atoms. The highest BCUT2D eigenvalue weighted by Crippen LogP contribution is 2.31. The van der Waals surface area contributed by atoms with Crippen LogP contribution in [0.4, 0.5) is 14.9 Å². The summed E-state index contributed by atoms with van der Waals surface area (Å²) in [6, 6.07) is 1.64. The van der Waals surface area contributed by atoms with Crippen LogP contribution in [0.3, 0.4) is 0 Å². The van der Waals surface area contributed by atoms with Crippen LogP contribution in [0.15, 0.2) is 30.9 Å². The summed E-state index contributed by atoms with van der Waals surface area (Å²) in [5.41, 5.74) is 0.161. The number of nitrogens with one attached hydrogen (secondary N) is 1. The number of nitrogens with zero attached hydrogens (tertiary/aromatic N) is 2. The van der Waals surface area contributed by atoms with Crippen molar-refractivity contribution in [2.75, 3.05) is 5.32 Å². The second-order valence-electron chi connectivity index (χ2n) is 3.14. The molecule has 1 aromatic heterocycles. The van der Waals surface area contributed by atoms with E-state index in [4.69, 9.17) is 23.2 Å². The summed E-state index contributed by atoms with van der Waals surface area (Å²) in [5.74, 6) is -0.569. The Kier molecular flexibility index (Phi) is 3.31. The fraction of sp³-hybridized carbons (Fsp3) is 0. The molecule has 0 unspecified atom stereocenters. The Bertz CT molecular complexity index is 534. The van der Waals surface area contributed by atoms with E-state index in [2.05, 4.69) is 10.3 Å². The van der Waals surface area contributed by atoms with E-state index in [-0.39, 0.29) is 15.7 Å². The van der Waals surface area contributed by atoms with Crippen LogP contribution in [0.5, 0.6) is 0 Å². The molecule has 0 radical (unpaired) electrons. The summed E-state index contributed by atoms with van der Waals surface area (Å²) in [4.78, 5) is 15.4. The van der Waals surface area contributed by atoms with Gasteiger partial charge in [0, 0.05) is 12.4 Å². The summed E-state index contributed by atoms with van der Waals surface area (Å²) in [6.45, 7) is 0. The number of anilines is 1. The molecular formula is C10H6Cl2FN3O. The molecule has 7 heteroatoms. The van der Waals surface area contributed by atoms with Crippen molar-refractivity contribution in [1.82, 2.24) is 9.55 Å². The van der Waals surface area contributed by atoms with Gasteiger partial charge in [-0.1, -0.05) is 23.2 Å². The highest BCUT2D eigenvalue weighted by atomic mass is 35.5. The Labute approximate surface area is 106 Å². The van der Waals surface area contributed by atoms with Crippen molar-refractivity contribution in [2.24, 2.45) is 0 Å². The quantitative estimate of drug-likeness (QED) is 0.866. The number of aromatic nitrogens is 2. The van der Waals surface area contributed by atoms with E-state index < -0.39 is 11.8 Å². The van der Waals surface area contributed by atoms with Crippen molar-refractivity contribution in [3.8, 4) is 0 Å². The SMILES string of the molecule is O=C(Nc1c(Cl)cc(F)cc1Cl)n1ccnc1. The van der Waals surface area contributed by atoms with Crippen LogP contribution in [0.2, 0.25) is 10.0 Å². The van der Waals surface area contributed by atoms with Crippen molar-refractivity contribution in [3.63, 3.8) is 0 Å². The second-order valence-corrected chi connectivity index (χ2v) is 3.96. The summed E-state index contributed by atoms with van der Waals surface area (Å²) in [5, 5.41) is 2.52. The lowest BCUT2D eigenvalue weighted by atomic mass is 10.3. The molecule has 0 bridgehead atoms. The number of halogens is 3. The molecule has 1 aromatic carbocycles. The number of rotatable bonds is 1. The zero-order chi connectivity index (χ0) is 12.4. The molecule has 0 saturated carbocycles. The average Bonchev–Trinajstić information content (AvgIpc) is 2.76. The first kappa shape index (κ1) is 11.9. The summed E-state index contributed by atoms with van der Waals surface area (Å²) in [7, 11) is 0. The van der Waals surface area contributed by atoms with Crippen LogP contribution in [0, 0.1) is 5.82 Å². The highest BCUT2D eigenvalue weighted by Gasteiger charge is 2.12. The Morgan fingerprint density at radius 1 is 1.35 bits per heavy atom. The highest BCUT2D eigenvalue weighted by molar-refractivity contribution is 6.39. The number of benzene rings is 1. The molecule has 4 nitrogen and oxygen atoms in total. The van der Waals surface area contributed by atoms with Crippen LogP contribution in [0.1, 0.15) is 0 Å². The van der Waals surface area contributed by atoms with Crippen LogP contribution < -0.4 is 5.32 Å². The molecule has 0 aliphatic heterocycles. The number of hydrogen-bond donors (Lipinski definition) is 1. The summed E-state index contributed by atoms with van der Waals surface area (Å²) in [6.07, 6.45) is 4.23. The number of carbonyl (C=O) groups excluding carboxylic acids is 1. The first-order valence-corrected chi connectivity index (χ1v) is 5.27. The van der Waals surface area contributed by atoms with Gasteiger partial charge < -0.3 is 5.32 Å². The van der Waals surface area contributed by atoms with Crippen molar-refractivity contribution >= 4 is 34.9 Å². The van der Waals surface area contributed by atoms with Crippen molar-refractivity contribution in [3.05, 3.63) is 46.7 Å². The molecule has 0 aliphatic rings. The fourth-order valence-electron chi connectivity index (χ4n) is 1.21. The van der Waals surface area contributed by atoms with Crippen LogP contribution in [-0.4, -0.2) is 15.6 Å². The number of imidazole rings is 1. The fourth-order valence-corrected chi connectivity index (χ4v) is 1.77. The Morgan fingerprint density at radius 2 is 2.00 bits per heavy atom. The summed E-state index contributed by atoms with van der Waals surface area (Å²) < 4.78 is 14.1. The third kappa shape index (κ3) is 2.57. The predicted molar refractivity (Wildman–Crippen MR) is 63.1 cm³/mol. The number of carbonyl (C=O) groups is 1. The molecule has 0 fully saturated rings. The maximum absolute atomic E-state index is 12.9. The third-order valence-corrected chi connectivity index (χ3v) is 2.57. The van der Waals surface area contributed by atoms with Crippen LogP contribution >= 0.6 is 23.2 Å².